The largest absolute Gasteiger partial charge is 0.493 e. The number of nitrogen functional groups attached to an aromatic ring is 1. The van der Waals surface area contributed by atoms with E-state index in [1.165, 1.54) is 0 Å². The molecule has 0 heterocycles. The Hall–Kier alpha value is -1.75. The van der Waals surface area contributed by atoms with Gasteiger partial charge >= 0.3 is 5.97 Å². The number of esters is 1. The molecule has 5 heteroatoms. The Kier molecular flexibility index (Phi) is 9.35. The summed E-state index contributed by atoms with van der Waals surface area (Å²) < 4.78 is 11.3. The van der Waals surface area contributed by atoms with E-state index in [1.807, 2.05) is 6.92 Å². The molecule has 0 saturated carbocycles. The molecule has 0 aliphatic carbocycles. The third-order valence-corrected chi connectivity index (χ3v) is 4.17. The quantitative estimate of drug-likeness (QED) is 0.483. The van der Waals surface area contributed by atoms with E-state index >= 15 is 0 Å². The Morgan fingerprint density at radius 3 is 2.44 bits per heavy atom. The Balaban J connectivity index is 2.82. The summed E-state index contributed by atoms with van der Waals surface area (Å²) in [4.78, 5) is 14.9. The van der Waals surface area contributed by atoms with Crippen LogP contribution in [0.4, 0.5) is 5.69 Å². The van der Waals surface area contributed by atoms with Gasteiger partial charge in [-0.05, 0) is 44.0 Å². The van der Waals surface area contributed by atoms with E-state index in [0.29, 0.717) is 36.1 Å². The lowest BCUT2D eigenvalue weighted by molar-refractivity contribution is 0.0327. The van der Waals surface area contributed by atoms with Crippen LogP contribution in [0.5, 0.6) is 5.75 Å². The van der Waals surface area contributed by atoms with Gasteiger partial charge < -0.3 is 15.2 Å². The molecular weight excluding hydrogens is 316 g/mol. The van der Waals surface area contributed by atoms with Crippen LogP contribution in [0.1, 0.15) is 57.8 Å². The highest BCUT2D eigenvalue weighted by Crippen LogP contribution is 2.23. The molecule has 0 bridgehead atoms. The summed E-state index contributed by atoms with van der Waals surface area (Å²) >= 11 is 0. The molecule has 1 aromatic rings. The molecule has 1 rings (SSSR count). The molecule has 1 atom stereocenters. The van der Waals surface area contributed by atoms with Crippen molar-refractivity contribution in [2.75, 3.05) is 32.0 Å². The number of carbonyl (C=O) groups excluding carboxylic acids is 1. The first-order chi connectivity index (χ1) is 11.9. The maximum Gasteiger partial charge on any atom is 0.341 e. The standard InChI is InChI=1S/C20H34N2O3/c1-6-11-24-19-13-16(21)9-10-18(19)20(23)25-14-17(12-15(4)5)22(7-2)8-3/h9-10,13,15,17H,6-8,11-12,14,21H2,1-5H3/t17-/m0/s1. The molecule has 2 N–H and O–H groups in total. The van der Waals surface area contributed by atoms with Gasteiger partial charge in [0, 0.05) is 17.8 Å². The molecule has 0 unspecified atom stereocenters. The van der Waals surface area contributed by atoms with Gasteiger partial charge in [0.25, 0.3) is 0 Å². The van der Waals surface area contributed by atoms with E-state index in [-0.39, 0.29) is 12.0 Å². The van der Waals surface area contributed by atoms with Crippen molar-refractivity contribution in [2.24, 2.45) is 5.92 Å². The van der Waals surface area contributed by atoms with Crippen molar-refractivity contribution in [1.29, 1.82) is 0 Å². The summed E-state index contributed by atoms with van der Waals surface area (Å²) in [6, 6.07) is 5.29. The minimum absolute atomic E-state index is 0.229. The maximum atomic E-state index is 12.6. The Labute approximate surface area is 152 Å². The zero-order chi connectivity index (χ0) is 18.8. The van der Waals surface area contributed by atoms with Crippen molar-refractivity contribution in [3.8, 4) is 5.75 Å². The zero-order valence-corrected chi connectivity index (χ0v) is 16.4. The first kappa shape index (κ1) is 21.3. The average molecular weight is 351 g/mol. The number of hydrogen-bond donors (Lipinski definition) is 1. The van der Waals surface area contributed by atoms with Gasteiger partial charge in [0.15, 0.2) is 0 Å². The molecule has 0 saturated heterocycles. The van der Waals surface area contributed by atoms with Gasteiger partial charge in [-0.3, -0.25) is 4.90 Å². The first-order valence-electron chi connectivity index (χ1n) is 9.36. The fourth-order valence-electron chi connectivity index (χ4n) is 2.90. The number of nitrogens with zero attached hydrogens (tertiary/aromatic N) is 1. The molecule has 0 aliphatic rings. The molecule has 0 aliphatic heterocycles. The summed E-state index contributed by atoms with van der Waals surface area (Å²) in [6.45, 7) is 13.5. The summed E-state index contributed by atoms with van der Waals surface area (Å²) in [7, 11) is 0. The van der Waals surface area contributed by atoms with Crippen molar-refractivity contribution < 1.29 is 14.3 Å². The van der Waals surface area contributed by atoms with Crippen LogP contribution in [-0.4, -0.2) is 43.2 Å². The van der Waals surface area contributed by atoms with Crippen LogP contribution in [0.25, 0.3) is 0 Å². The van der Waals surface area contributed by atoms with Crippen LogP contribution in [-0.2, 0) is 4.74 Å². The molecule has 0 aromatic heterocycles. The number of ether oxygens (including phenoxy) is 2. The van der Waals surface area contributed by atoms with Gasteiger partial charge in [-0.25, -0.2) is 4.79 Å². The minimum Gasteiger partial charge on any atom is -0.493 e. The molecule has 0 fully saturated rings. The summed E-state index contributed by atoms with van der Waals surface area (Å²) in [5.74, 6) is 0.686. The summed E-state index contributed by atoms with van der Waals surface area (Å²) in [6.07, 6.45) is 1.86. The number of carbonyl (C=O) groups is 1. The predicted molar refractivity (Wildman–Crippen MR) is 103 cm³/mol. The normalized spacial score (nSPS) is 12.4. The van der Waals surface area contributed by atoms with E-state index in [4.69, 9.17) is 15.2 Å². The predicted octanol–water partition coefficient (Wildman–Crippen LogP) is 3.97. The topological polar surface area (TPSA) is 64.8 Å². The lowest BCUT2D eigenvalue weighted by Crippen LogP contribution is -2.40. The van der Waals surface area contributed by atoms with Crippen LogP contribution in [0.2, 0.25) is 0 Å². The Morgan fingerprint density at radius 2 is 1.88 bits per heavy atom. The summed E-state index contributed by atoms with van der Waals surface area (Å²) in [5, 5.41) is 0. The van der Waals surface area contributed by atoms with E-state index in [0.717, 1.165) is 25.9 Å². The van der Waals surface area contributed by atoms with Crippen LogP contribution in [0, 0.1) is 5.92 Å². The van der Waals surface area contributed by atoms with Crippen molar-refractivity contribution in [3.63, 3.8) is 0 Å². The molecule has 1 aromatic carbocycles. The van der Waals surface area contributed by atoms with E-state index in [2.05, 4.69) is 32.6 Å². The number of hydrogen-bond acceptors (Lipinski definition) is 5. The molecule has 5 nitrogen and oxygen atoms in total. The van der Waals surface area contributed by atoms with Gasteiger partial charge in [0.2, 0.25) is 0 Å². The second-order valence-electron chi connectivity index (χ2n) is 6.71. The second-order valence-corrected chi connectivity index (χ2v) is 6.71. The lowest BCUT2D eigenvalue weighted by atomic mass is 10.0. The van der Waals surface area contributed by atoms with Crippen LogP contribution in [0.15, 0.2) is 18.2 Å². The van der Waals surface area contributed by atoms with Crippen LogP contribution in [0.3, 0.4) is 0 Å². The highest BCUT2D eigenvalue weighted by atomic mass is 16.5. The molecule has 0 amide bonds. The van der Waals surface area contributed by atoms with E-state index in [9.17, 15) is 4.79 Å². The number of benzene rings is 1. The van der Waals surface area contributed by atoms with Crippen LogP contribution >= 0.6 is 0 Å². The third kappa shape index (κ3) is 6.94. The second kappa shape index (κ2) is 11.0. The molecule has 0 spiro atoms. The minimum atomic E-state index is -0.355. The molecule has 142 valence electrons. The summed E-state index contributed by atoms with van der Waals surface area (Å²) in [5.41, 5.74) is 6.82. The van der Waals surface area contributed by atoms with E-state index in [1.54, 1.807) is 18.2 Å². The monoisotopic (exact) mass is 350 g/mol. The Morgan fingerprint density at radius 1 is 1.20 bits per heavy atom. The fraction of sp³-hybridized carbons (Fsp3) is 0.650. The van der Waals surface area contributed by atoms with Crippen molar-refractivity contribution in [1.82, 2.24) is 4.90 Å². The van der Waals surface area contributed by atoms with Gasteiger partial charge in [0.05, 0.1) is 6.61 Å². The van der Waals surface area contributed by atoms with Crippen LogP contribution < -0.4 is 10.5 Å². The van der Waals surface area contributed by atoms with Gasteiger partial charge in [0.1, 0.15) is 17.9 Å². The molecule has 25 heavy (non-hydrogen) atoms. The first-order valence-corrected chi connectivity index (χ1v) is 9.36. The Bertz CT molecular complexity index is 528. The maximum absolute atomic E-state index is 12.6. The molecular formula is C20H34N2O3. The highest BCUT2D eigenvalue weighted by molar-refractivity contribution is 5.93. The lowest BCUT2D eigenvalue weighted by Gasteiger charge is -2.30. The fourth-order valence-corrected chi connectivity index (χ4v) is 2.90. The van der Waals surface area contributed by atoms with Crippen molar-refractivity contribution in [3.05, 3.63) is 23.8 Å². The average Bonchev–Trinajstić information content (AvgIpc) is 2.58. The number of anilines is 1. The third-order valence-electron chi connectivity index (χ3n) is 4.17. The van der Waals surface area contributed by atoms with Gasteiger partial charge in [-0.2, -0.15) is 0 Å². The molecule has 0 radical (unpaired) electrons. The highest BCUT2D eigenvalue weighted by Gasteiger charge is 2.21. The number of nitrogens with two attached hydrogens (primary N) is 1. The van der Waals surface area contributed by atoms with Crippen molar-refractivity contribution >= 4 is 11.7 Å². The van der Waals surface area contributed by atoms with E-state index < -0.39 is 0 Å². The van der Waals surface area contributed by atoms with Gasteiger partial charge in [-0.15, -0.1) is 0 Å². The number of likely N-dealkylation sites (N-methyl/N-ethyl adjacent to an activating group) is 1. The SMILES string of the molecule is CCCOc1cc(N)ccc1C(=O)OC[C@H](CC(C)C)N(CC)CC. The number of rotatable bonds is 11. The van der Waals surface area contributed by atoms with Gasteiger partial charge in [-0.1, -0.05) is 34.6 Å². The van der Waals surface area contributed by atoms with Crippen molar-refractivity contribution in [2.45, 2.75) is 53.5 Å². The zero-order valence-electron chi connectivity index (χ0n) is 16.4. The smallest absolute Gasteiger partial charge is 0.341 e.